The Balaban J connectivity index is 2.20. The summed E-state index contributed by atoms with van der Waals surface area (Å²) in [6, 6.07) is 0. The van der Waals surface area contributed by atoms with Gasteiger partial charge in [-0.3, -0.25) is 0 Å². The second-order valence-corrected chi connectivity index (χ2v) is 4.75. The lowest BCUT2D eigenvalue weighted by atomic mass is 9.61. The van der Waals surface area contributed by atoms with Gasteiger partial charge in [0.2, 0.25) is 0 Å². The quantitative estimate of drug-likeness (QED) is 0.647. The van der Waals surface area contributed by atoms with Gasteiger partial charge >= 0.3 is 0 Å². The van der Waals surface area contributed by atoms with E-state index in [0.29, 0.717) is 0 Å². The van der Waals surface area contributed by atoms with Crippen molar-refractivity contribution in [3.8, 4) is 0 Å². The molecule has 0 heterocycles. The zero-order valence-electron chi connectivity index (χ0n) is 8.42. The van der Waals surface area contributed by atoms with E-state index in [1.807, 2.05) is 6.92 Å². The zero-order chi connectivity index (χ0) is 10.3. The average Bonchev–Trinajstić information content (AvgIpc) is 2.09. The van der Waals surface area contributed by atoms with E-state index in [2.05, 4.69) is 0 Å². The van der Waals surface area contributed by atoms with E-state index >= 15 is 0 Å². The Morgan fingerprint density at radius 3 is 2.43 bits per heavy atom. The van der Waals surface area contributed by atoms with Crippen molar-refractivity contribution in [3.05, 3.63) is 12.2 Å². The lowest BCUT2D eigenvalue weighted by Gasteiger charge is -2.49. The minimum absolute atomic E-state index is 0.0577. The first-order valence-corrected chi connectivity index (χ1v) is 5.30. The van der Waals surface area contributed by atoms with Crippen molar-refractivity contribution in [2.75, 3.05) is 0 Å². The van der Waals surface area contributed by atoms with E-state index in [-0.39, 0.29) is 11.8 Å². The largest absolute Gasteiger partial charge is 0.325 e. The highest BCUT2D eigenvalue weighted by Gasteiger charge is 2.49. The Labute approximate surface area is 83.4 Å². The highest BCUT2D eigenvalue weighted by Crippen LogP contribution is 2.45. The third-order valence-electron chi connectivity index (χ3n) is 3.76. The Hall–Kier alpha value is -0.440. The summed E-state index contributed by atoms with van der Waals surface area (Å²) < 4.78 is 26.9. The van der Waals surface area contributed by atoms with Crippen LogP contribution in [-0.2, 0) is 0 Å². The number of hydrogen-bond donors (Lipinski definition) is 1. The predicted molar refractivity (Wildman–Crippen MR) is 52.4 cm³/mol. The third-order valence-corrected chi connectivity index (χ3v) is 3.76. The topological polar surface area (TPSA) is 26.0 Å². The van der Waals surface area contributed by atoms with E-state index in [1.54, 1.807) is 6.08 Å². The maximum Gasteiger partial charge on any atom is 0.150 e. The van der Waals surface area contributed by atoms with E-state index in [1.165, 1.54) is 6.08 Å². The molecule has 0 saturated heterocycles. The van der Waals surface area contributed by atoms with Crippen LogP contribution in [0.4, 0.5) is 8.78 Å². The fourth-order valence-electron chi connectivity index (χ4n) is 2.75. The molecule has 2 rings (SSSR count). The number of allylic oxidation sites excluding steroid dienone is 2. The number of hydrogen-bond acceptors (Lipinski definition) is 1. The van der Waals surface area contributed by atoms with Gasteiger partial charge in [-0.25, -0.2) is 8.78 Å². The molecule has 0 aromatic carbocycles. The summed E-state index contributed by atoms with van der Waals surface area (Å²) in [4.78, 5) is 0. The summed E-state index contributed by atoms with van der Waals surface area (Å²) in [5, 5.41) is 0. The molecular weight excluding hydrogens is 184 g/mol. The van der Waals surface area contributed by atoms with Crippen molar-refractivity contribution < 1.29 is 8.78 Å². The molecule has 4 unspecified atom stereocenters. The molecule has 0 radical (unpaired) electrons. The molecule has 2 aliphatic carbocycles. The van der Waals surface area contributed by atoms with Gasteiger partial charge in [-0.2, -0.15) is 0 Å². The molecule has 0 bridgehead atoms. The smallest absolute Gasteiger partial charge is 0.150 e. The Morgan fingerprint density at radius 1 is 1.29 bits per heavy atom. The van der Waals surface area contributed by atoms with Gasteiger partial charge in [0.1, 0.15) is 12.3 Å². The first-order chi connectivity index (χ1) is 6.54. The summed E-state index contributed by atoms with van der Waals surface area (Å²) in [5.41, 5.74) is 5.63. The minimum atomic E-state index is -1.46. The van der Waals surface area contributed by atoms with Gasteiger partial charge in [-0.15, -0.1) is 0 Å². The molecule has 1 saturated carbocycles. The van der Waals surface area contributed by atoms with Crippen molar-refractivity contribution in [1.82, 2.24) is 0 Å². The molecule has 2 N–H and O–H groups in total. The summed E-state index contributed by atoms with van der Waals surface area (Å²) in [6.45, 7) is 1.92. The first kappa shape index (κ1) is 10.1. The molecule has 3 heteroatoms. The van der Waals surface area contributed by atoms with Gasteiger partial charge in [0.05, 0.1) is 0 Å². The van der Waals surface area contributed by atoms with E-state index in [9.17, 15) is 8.78 Å². The van der Waals surface area contributed by atoms with Crippen molar-refractivity contribution in [2.45, 2.75) is 44.1 Å². The highest BCUT2D eigenvalue weighted by molar-refractivity contribution is 5.14. The summed E-state index contributed by atoms with van der Waals surface area (Å²) in [7, 11) is 0. The third kappa shape index (κ3) is 1.38. The Morgan fingerprint density at radius 2 is 1.93 bits per heavy atom. The lowest BCUT2D eigenvalue weighted by Crippen LogP contribution is -2.59. The SMILES string of the molecule is CC1C=CC(F)C(F)C1C1(N)CCC1. The minimum Gasteiger partial charge on any atom is -0.325 e. The number of alkyl halides is 2. The molecular formula is C11H17F2N. The van der Waals surface area contributed by atoms with Crippen LogP contribution in [0.15, 0.2) is 12.2 Å². The number of nitrogens with two attached hydrogens (primary N) is 1. The van der Waals surface area contributed by atoms with Gasteiger partial charge in [0.25, 0.3) is 0 Å². The van der Waals surface area contributed by atoms with E-state index < -0.39 is 17.9 Å². The van der Waals surface area contributed by atoms with Crippen LogP contribution >= 0.6 is 0 Å². The number of rotatable bonds is 1. The van der Waals surface area contributed by atoms with Gasteiger partial charge in [0.15, 0.2) is 0 Å². The average molecular weight is 201 g/mol. The molecule has 14 heavy (non-hydrogen) atoms. The van der Waals surface area contributed by atoms with Crippen LogP contribution in [0.2, 0.25) is 0 Å². The molecule has 0 aliphatic heterocycles. The second-order valence-electron chi connectivity index (χ2n) is 4.75. The highest BCUT2D eigenvalue weighted by atomic mass is 19.2. The molecule has 80 valence electrons. The van der Waals surface area contributed by atoms with Gasteiger partial charge in [0, 0.05) is 11.5 Å². The van der Waals surface area contributed by atoms with Crippen LogP contribution in [0.5, 0.6) is 0 Å². The molecule has 0 amide bonds. The van der Waals surface area contributed by atoms with Crippen LogP contribution < -0.4 is 5.73 Å². The molecule has 0 spiro atoms. The molecule has 0 aromatic rings. The monoisotopic (exact) mass is 201 g/mol. The Bertz CT molecular complexity index is 248. The van der Waals surface area contributed by atoms with Gasteiger partial charge in [-0.05, 0) is 25.2 Å². The van der Waals surface area contributed by atoms with Crippen LogP contribution in [0, 0.1) is 11.8 Å². The fraction of sp³-hybridized carbons (Fsp3) is 0.818. The first-order valence-electron chi connectivity index (χ1n) is 5.30. The zero-order valence-corrected chi connectivity index (χ0v) is 8.42. The summed E-state index contributed by atoms with van der Waals surface area (Å²) in [5.74, 6) is -0.279. The molecule has 4 atom stereocenters. The van der Waals surface area contributed by atoms with Gasteiger partial charge < -0.3 is 5.73 Å². The maximum atomic E-state index is 13.7. The van der Waals surface area contributed by atoms with E-state index in [0.717, 1.165) is 19.3 Å². The molecule has 2 aliphatic rings. The summed E-state index contributed by atoms with van der Waals surface area (Å²) >= 11 is 0. The Kier molecular flexibility index (Phi) is 2.38. The second kappa shape index (κ2) is 3.30. The van der Waals surface area contributed by atoms with Crippen LogP contribution in [0.1, 0.15) is 26.2 Å². The summed E-state index contributed by atoms with van der Waals surface area (Å²) in [6.07, 6.45) is 2.93. The normalized spacial score (nSPS) is 46.0. The van der Waals surface area contributed by atoms with Gasteiger partial charge in [-0.1, -0.05) is 19.1 Å². The van der Waals surface area contributed by atoms with Crippen molar-refractivity contribution >= 4 is 0 Å². The predicted octanol–water partition coefficient (Wildman–Crippen LogP) is 2.37. The van der Waals surface area contributed by atoms with Crippen LogP contribution in [0.3, 0.4) is 0 Å². The van der Waals surface area contributed by atoms with Crippen molar-refractivity contribution in [1.29, 1.82) is 0 Å². The molecule has 1 fully saturated rings. The maximum absolute atomic E-state index is 13.7. The lowest BCUT2D eigenvalue weighted by molar-refractivity contribution is 0.0145. The number of halogens is 2. The van der Waals surface area contributed by atoms with Crippen molar-refractivity contribution in [3.63, 3.8) is 0 Å². The fourth-order valence-corrected chi connectivity index (χ4v) is 2.75. The standard InChI is InChI=1S/C11H17F2N/c1-7-3-4-8(12)10(13)9(7)11(14)5-2-6-11/h3-4,7-10H,2,5-6,14H2,1H3. The van der Waals surface area contributed by atoms with Crippen molar-refractivity contribution in [2.24, 2.45) is 17.6 Å². The van der Waals surface area contributed by atoms with Crippen LogP contribution in [0.25, 0.3) is 0 Å². The molecule has 1 nitrogen and oxygen atoms in total. The van der Waals surface area contributed by atoms with E-state index in [4.69, 9.17) is 5.73 Å². The van der Waals surface area contributed by atoms with Crippen LogP contribution in [-0.4, -0.2) is 17.9 Å². The molecule has 0 aromatic heterocycles.